The topological polar surface area (TPSA) is 64.5 Å². The number of carbonyl (C=O) groups is 1. The van der Waals surface area contributed by atoms with Gasteiger partial charge < -0.3 is 9.47 Å². The van der Waals surface area contributed by atoms with Gasteiger partial charge in [0, 0.05) is 11.6 Å². The van der Waals surface area contributed by atoms with Crippen molar-refractivity contribution in [3.63, 3.8) is 0 Å². The Kier molecular flexibility index (Phi) is 5.25. The maximum absolute atomic E-state index is 11.6. The van der Waals surface area contributed by atoms with Gasteiger partial charge in [0.15, 0.2) is 0 Å². The lowest BCUT2D eigenvalue weighted by atomic mass is 9.97. The Morgan fingerprint density at radius 3 is 2.83 bits per heavy atom. The van der Waals surface area contributed by atoms with E-state index < -0.39 is 0 Å². The normalized spacial score (nSPS) is 16.2. The van der Waals surface area contributed by atoms with Crippen LogP contribution in [0.25, 0.3) is 10.9 Å². The number of nitrogens with zero attached hydrogens (tertiary/aromatic N) is 3. The van der Waals surface area contributed by atoms with Gasteiger partial charge in [0.05, 0.1) is 31.7 Å². The number of piperidine rings is 1. The Morgan fingerprint density at radius 2 is 2.12 bits per heavy atom. The lowest BCUT2D eigenvalue weighted by Crippen LogP contribution is -2.36. The summed E-state index contributed by atoms with van der Waals surface area (Å²) in [5.74, 6) is 1.58. The molecule has 2 heterocycles. The van der Waals surface area contributed by atoms with E-state index in [1.165, 1.54) is 7.11 Å². The third-order valence-electron chi connectivity index (χ3n) is 4.40. The summed E-state index contributed by atoms with van der Waals surface area (Å²) in [4.78, 5) is 23.0. The highest BCUT2D eigenvalue weighted by molar-refractivity contribution is 5.79. The molecule has 0 bridgehead atoms. The third kappa shape index (κ3) is 3.82. The SMILES string of the molecule is CCOc1ccc2nc(CN3CCC(C(=O)OC)CC3)ncc2c1. The zero-order valence-electron chi connectivity index (χ0n) is 14.2. The molecule has 0 aliphatic carbocycles. The van der Waals surface area contributed by atoms with Crippen molar-refractivity contribution in [2.75, 3.05) is 26.8 Å². The molecule has 0 saturated carbocycles. The molecule has 6 nitrogen and oxygen atoms in total. The van der Waals surface area contributed by atoms with E-state index >= 15 is 0 Å². The number of hydrogen-bond acceptors (Lipinski definition) is 6. The highest BCUT2D eigenvalue weighted by Crippen LogP contribution is 2.21. The minimum atomic E-state index is -0.0956. The smallest absolute Gasteiger partial charge is 0.308 e. The summed E-state index contributed by atoms with van der Waals surface area (Å²) >= 11 is 0. The van der Waals surface area contributed by atoms with E-state index in [1.54, 1.807) is 0 Å². The zero-order valence-corrected chi connectivity index (χ0v) is 14.2. The lowest BCUT2D eigenvalue weighted by Gasteiger charge is -2.29. The van der Waals surface area contributed by atoms with Crippen molar-refractivity contribution in [2.24, 2.45) is 5.92 Å². The summed E-state index contributed by atoms with van der Waals surface area (Å²) in [7, 11) is 1.45. The number of fused-ring (bicyclic) bond motifs is 1. The van der Waals surface area contributed by atoms with Crippen molar-refractivity contribution in [3.05, 3.63) is 30.2 Å². The van der Waals surface area contributed by atoms with Crippen LogP contribution in [0.3, 0.4) is 0 Å². The van der Waals surface area contributed by atoms with Crippen molar-refractivity contribution in [1.82, 2.24) is 14.9 Å². The molecule has 1 aliphatic rings. The number of carbonyl (C=O) groups excluding carboxylic acids is 1. The van der Waals surface area contributed by atoms with Crippen LogP contribution in [0.5, 0.6) is 5.75 Å². The van der Waals surface area contributed by atoms with Gasteiger partial charge >= 0.3 is 5.97 Å². The second-order valence-electron chi connectivity index (χ2n) is 6.01. The zero-order chi connectivity index (χ0) is 16.9. The Morgan fingerprint density at radius 1 is 1.33 bits per heavy atom. The summed E-state index contributed by atoms with van der Waals surface area (Å²) < 4.78 is 10.3. The van der Waals surface area contributed by atoms with E-state index in [2.05, 4.69) is 14.9 Å². The maximum atomic E-state index is 11.6. The van der Waals surface area contributed by atoms with Crippen LogP contribution in [-0.2, 0) is 16.1 Å². The molecule has 0 unspecified atom stereocenters. The first kappa shape index (κ1) is 16.6. The number of aromatic nitrogens is 2. The molecule has 3 rings (SSSR count). The van der Waals surface area contributed by atoms with Crippen LogP contribution >= 0.6 is 0 Å². The molecule has 0 N–H and O–H groups in total. The van der Waals surface area contributed by atoms with Crippen LogP contribution in [-0.4, -0.2) is 47.6 Å². The van der Waals surface area contributed by atoms with Crippen LogP contribution in [0.4, 0.5) is 0 Å². The highest BCUT2D eigenvalue weighted by atomic mass is 16.5. The summed E-state index contributed by atoms with van der Waals surface area (Å²) in [6, 6.07) is 5.87. The third-order valence-corrected chi connectivity index (χ3v) is 4.40. The molecule has 1 saturated heterocycles. The number of rotatable bonds is 5. The Balaban J connectivity index is 1.63. The van der Waals surface area contributed by atoms with Gasteiger partial charge in [0.25, 0.3) is 0 Å². The van der Waals surface area contributed by atoms with Crippen LogP contribution in [0, 0.1) is 5.92 Å². The predicted molar refractivity (Wildman–Crippen MR) is 90.7 cm³/mol. The van der Waals surface area contributed by atoms with Gasteiger partial charge in [-0.15, -0.1) is 0 Å². The summed E-state index contributed by atoms with van der Waals surface area (Å²) in [5, 5.41) is 0.981. The van der Waals surface area contributed by atoms with Crippen molar-refractivity contribution in [3.8, 4) is 5.75 Å². The highest BCUT2D eigenvalue weighted by Gasteiger charge is 2.25. The maximum Gasteiger partial charge on any atom is 0.308 e. The largest absolute Gasteiger partial charge is 0.494 e. The van der Waals surface area contributed by atoms with Crippen LogP contribution in [0.1, 0.15) is 25.6 Å². The molecule has 1 aromatic heterocycles. The number of esters is 1. The fourth-order valence-corrected chi connectivity index (χ4v) is 3.08. The monoisotopic (exact) mass is 329 g/mol. The fraction of sp³-hybridized carbons (Fsp3) is 0.500. The Hall–Kier alpha value is -2.21. The Labute approximate surface area is 141 Å². The predicted octanol–water partition coefficient (Wildman–Crippen LogP) is 2.41. The summed E-state index contributed by atoms with van der Waals surface area (Å²) in [6.07, 6.45) is 3.51. The second kappa shape index (κ2) is 7.57. The van der Waals surface area contributed by atoms with Crippen molar-refractivity contribution < 1.29 is 14.3 Å². The average molecular weight is 329 g/mol. The fourth-order valence-electron chi connectivity index (χ4n) is 3.08. The van der Waals surface area contributed by atoms with Crippen molar-refractivity contribution in [2.45, 2.75) is 26.3 Å². The van der Waals surface area contributed by atoms with Gasteiger partial charge in [-0.1, -0.05) is 0 Å². The van der Waals surface area contributed by atoms with Gasteiger partial charge in [-0.3, -0.25) is 9.69 Å². The number of likely N-dealkylation sites (tertiary alicyclic amines) is 1. The molecule has 6 heteroatoms. The van der Waals surface area contributed by atoms with E-state index in [4.69, 9.17) is 9.47 Å². The van der Waals surface area contributed by atoms with Gasteiger partial charge in [0.1, 0.15) is 11.6 Å². The minimum absolute atomic E-state index is 0.0285. The number of ether oxygens (including phenoxy) is 2. The number of methoxy groups -OCH3 is 1. The molecule has 0 atom stereocenters. The standard InChI is InChI=1S/C18H23N3O3/c1-3-24-15-4-5-16-14(10-15)11-19-17(20-16)12-21-8-6-13(7-9-21)18(22)23-2/h4-5,10-11,13H,3,6-9,12H2,1-2H3. The molecule has 24 heavy (non-hydrogen) atoms. The van der Waals surface area contributed by atoms with E-state index in [0.717, 1.165) is 48.4 Å². The van der Waals surface area contributed by atoms with E-state index in [0.29, 0.717) is 13.2 Å². The molecule has 1 aromatic carbocycles. The minimum Gasteiger partial charge on any atom is -0.494 e. The van der Waals surface area contributed by atoms with E-state index in [9.17, 15) is 4.79 Å². The number of benzene rings is 1. The van der Waals surface area contributed by atoms with Gasteiger partial charge in [0.2, 0.25) is 0 Å². The van der Waals surface area contributed by atoms with Crippen molar-refractivity contribution >= 4 is 16.9 Å². The summed E-state index contributed by atoms with van der Waals surface area (Å²) in [5.41, 5.74) is 0.924. The first-order chi connectivity index (χ1) is 11.7. The van der Waals surface area contributed by atoms with Crippen LogP contribution < -0.4 is 4.74 Å². The van der Waals surface area contributed by atoms with Gasteiger partial charge in [-0.2, -0.15) is 0 Å². The molecular formula is C18H23N3O3. The number of hydrogen-bond donors (Lipinski definition) is 0. The molecule has 0 radical (unpaired) electrons. The van der Waals surface area contributed by atoms with Crippen LogP contribution in [0.2, 0.25) is 0 Å². The molecular weight excluding hydrogens is 306 g/mol. The van der Waals surface area contributed by atoms with Crippen LogP contribution in [0.15, 0.2) is 24.4 Å². The molecule has 0 spiro atoms. The first-order valence-corrected chi connectivity index (χ1v) is 8.38. The molecule has 1 fully saturated rings. The second-order valence-corrected chi connectivity index (χ2v) is 6.01. The quantitative estimate of drug-likeness (QED) is 0.785. The van der Waals surface area contributed by atoms with Crippen molar-refractivity contribution in [1.29, 1.82) is 0 Å². The van der Waals surface area contributed by atoms with Gasteiger partial charge in [-0.05, 0) is 51.1 Å². The van der Waals surface area contributed by atoms with E-state index in [-0.39, 0.29) is 11.9 Å². The molecule has 128 valence electrons. The lowest BCUT2D eigenvalue weighted by molar-refractivity contribution is -0.147. The van der Waals surface area contributed by atoms with E-state index in [1.807, 2.05) is 31.3 Å². The summed E-state index contributed by atoms with van der Waals surface area (Å²) in [6.45, 7) is 5.05. The first-order valence-electron chi connectivity index (χ1n) is 8.38. The van der Waals surface area contributed by atoms with Gasteiger partial charge in [-0.25, -0.2) is 9.97 Å². The average Bonchev–Trinajstić information content (AvgIpc) is 2.62. The molecule has 1 aliphatic heterocycles. The Bertz CT molecular complexity index is 712. The molecule has 2 aromatic rings. The molecule has 0 amide bonds.